The van der Waals surface area contributed by atoms with Gasteiger partial charge in [0.15, 0.2) is 5.78 Å². The Kier molecular flexibility index (Phi) is 4.48. The lowest BCUT2D eigenvalue weighted by molar-refractivity contribution is 0.0973. The summed E-state index contributed by atoms with van der Waals surface area (Å²) < 4.78 is 17.3. The minimum Gasteiger partial charge on any atom is -0.497 e. The number of nitrogens with zero attached hydrogens (tertiary/aromatic N) is 1. The van der Waals surface area contributed by atoms with Crippen LogP contribution in [0.15, 0.2) is 48.5 Å². The van der Waals surface area contributed by atoms with Gasteiger partial charge in [0.1, 0.15) is 22.3 Å². The fraction of sp³-hybridized carbons (Fsp3) is 0.125. The topological polar surface area (TPSA) is 74.7 Å². The van der Waals surface area contributed by atoms with E-state index in [4.69, 9.17) is 14.2 Å². The number of hydrogen-bond donors (Lipinski definition) is 0. The zero-order valence-corrected chi connectivity index (χ0v) is 17.8. The molecule has 1 aliphatic carbocycles. The van der Waals surface area contributed by atoms with Gasteiger partial charge < -0.3 is 14.2 Å². The molecule has 0 amide bonds. The van der Waals surface area contributed by atoms with E-state index in [2.05, 4.69) is 4.98 Å². The third kappa shape index (κ3) is 2.89. The summed E-state index contributed by atoms with van der Waals surface area (Å²) in [7, 11) is 4.44. The standard InChI is InChI=1S/C24H17NO5S/c1-28-13-10-15-21(18(11-13)30-3)23(27)20-14(22(15)26)8-12(9-17(20)29-2)24-25-16-6-4-5-7-19(16)31-24/h4-11H,1-3H3. The first kappa shape index (κ1) is 19.3. The van der Waals surface area contributed by atoms with Gasteiger partial charge in [0.05, 0.1) is 42.7 Å². The second-order valence-electron chi connectivity index (χ2n) is 7.00. The Bertz CT molecular complexity index is 1360. The second kappa shape index (κ2) is 7.21. The number of thiazole rings is 1. The lowest BCUT2D eigenvalue weighted by Gasteiger charge is -2.22. The van der Waals surface area contributed by atoms with Crippen LogP contribution in [0.3, 0.4) is 0 Å². The lowest BCUT2D eigenvalue weighted by atomic mass is 9.82. The van der Waals surface area contributed by atoms with Crippen molar-refractivity contribution in [2.75, 3.05) is 21.3 Å². The van der Waals surface area contributed by atoms with Crippen molar-refractivity contribution in [3.63, 3.8) is 0 Å². The quantitative estimate of drug-likeness (QED) is 0.408. The third-order valence-electron chi connectivity index (χ3n) is 5.34. The van der Waals surface area contributed by atoms with Crippen molar-refractivity contribution < 1.29 is 23.8 Å². The molecule has 4 aromatic rings. The molecule has 0 radical (unpaired) electrons. The predicted octanol–water partition coefficient (Wildman–Crippen LogP) is 4.76. The molecule has 3 aromatic carbocycles. The SMILES string of the molecule is COc1cc(OC)c2c(c1)C(=O)c1cc(-c3nc4ccccc4s3)cc(OC)c1C2=O. The average molecular weight is 431 g/mol. The van der Waals surface area contributed by atoms with Crippen LogP contribution >= 0.6 is 11.3 Å². The summed E-state index contributed by atoms with van der Waals surface area (Å²) >= 11 is 1.52. The Labute approximate surface area is 182 Å². The largest absolute Gasteiger partial charge is 0.497 e. The number of ether oxygens (including phenoxy) is 3. The number of carbonyl (C=O) groups is 2. The molecule has 6 nitrogen and oxygen atoms in total. The van der Waals surface area contributed by atoms with Gasteiger partial charge in [0.25, 0.3) is 0 Å². The number of hydrogen-bond acceptors (Lipinski definition) is 7. The van der Waals surface area contributed by atoms with E-state index >= 15 is 0 Å². The average Bonchev–Trinajstić information content (AvgIpc) is 3.25. The van der Waals surface area contributed by atoms with E-state index in [0.717, 1.165) is 20.8 Å². The maximum Gasteiger partial charge on any atom is 0.201 e. The van der Waals surface area contributed by atoms with Gasteiger partial charge in [0, 0.05) is 22.8 Å². The highest BCUT2D eigenvalue weighted by molar-refractivity contribution is 7.21. The summed E-state index contributed by atoms with van der Waals surface area (Å²) in [5.41, 5.74) is 2.57. The van der Waals surface area contributed by atoms with E-state index in [1.807, 2.05) is 24.3 Å². The van der Waals surface area contributed by atoms with Crippen LogP contribution in [0, 0.1) is 0 Å². The van der Waals surface area contributed by atoms with Gasteiger partial charge in [-0.25, -0.2) is 4.98 Å². The van der Waals surface area contributed by atoms with Crippen molar-refractivity contribution in [3.8, 4) is 27.8 Å². The van der Waals surface area contributed by atoms with Crippen molar-refractivity contribution in [2.24, 2.45) is 0 Å². The van der Waals surface area contributed by atoms with Crippen molar-refractivity contribution in [1.82, 2.24) is 4.98 Å². The maximum absolute atomic E-state index is 13.5. The van der Waals surface area contributed by atoms with Crippen molar-refractivity contribution in [1.29, 1.82) is 0 Å². The van der Waals surface area contributed by atoms with Crippen LogP contribution in [0.5, 0.6) is 17.2 Å². The number of benzene rings is 3. The second-order valence-corrected chi connectivity index (χ2v) is 8.03. The van der Waals surface area contributed by atoms with Gasteiger partial charge in [-0.15, -0.1) is 11.3 Å². The Hall–Kier alpha value is -3.71. The number of para-hydroxylation sites is 1. The first-order valence-corrected chi connectivity index (χ1v) is 10.3. The van der Waals surface area contributed by atoms with Crippen LogP contribution in [0.25, 0.3) is 20.8 Å². The van der Waals surface area contributed by atoms with Gasteiger partial charge in [0.2, 0.25) is 5.78 Å². The Morgan fingerprint density at radius 1 is 0.774 bits per heavy atom. The number of carbonyl (C=O) groups excluding carboxylic acids is 2. The normalized spacial score (nSPS) is 12.5. The molecule has 7 heteroatoms. The minimum atomic E-state index is -0.322. The summed E-state index contributed by atoms with van der Waals surface area (Å²) in [4.78, 5) is 31.6. The van der Waals surface area contributed by atoms with E-state index in [1.54, 1.807) is 24.3 Å². The van der Waals surface area contributed by atoms with E-state index in [-0.39, 0.29) is 39.6 Å². The Morgan fingerprint density at radius 3 is 2.13 bits per heavy atom. The van der Waals surface area contributed by atoms with Crippen LogP contribution in [-0.4, -0.2) is 37.9 Å². The fourth-order valence-corrected chi connectivity index (χ4v) is 4.81. The van der Waals surface area contributed by atoms with E-state index in [0.29, 0.717) is 11.5 Å². The summed E-state index contributed by atoms with van der Waals surface area (Å²) in [5.74, 6) is 0.443. The van der Waals surface area contributed by atoms with Gasteiger partial charge >= 0.3 is 0 Å². The van der Waals surface area contributed by atoms with Crippen LogP contribution in [-0.2, 0) is 0 Å². The van der Waals surface area contributed by atoms with Gasteiger partial charge in [-0.3, -0.25) is 9.59 Å². The molecule has 0 saturated heterocycles. The smallest absolute Gasteiger partial charge is 0.201 e. The van der Waals surface area contributed by atoms with Crippen molar-refractivity contribution >= 4 is 33.1 Å². The molecule has 0 bridgehead atoms. The molecule has 0 aliphatic heterocycles. The number of rotatable bonds is 4. The molecule has 0 fully saturated rings. The molecule has 1 aromatic heterocycles. The number of methoxy groups -OCH3 is 3. The van der Waals surface area contributed by atoms with E-state index in [9.17, 15) is 9.59 Å². The van der Waals surface area contributed by atoms with Crippen LogP contribution in [0.1, 0.15) is 31.8 Å². The maximum atomic E-state index is 13.5. The lowest BCUT2D eigenvalue weighted by Crippen LogP contribution is -2.23. The molecule has 0 N–H and O–H groups in total. The molecule has 1 heterocycles. The van der Waals surface area contributed by atoms with Crippen LogP contribution in [0.4, 0.5) is 0 Å². The van der Waals surface area contributed by atoms with Crippen LogP contribution < -0.4 is 14.2 Å². The Balaban J connectivity index is 1.74. The zero-order valence-electron chi connectivity index (χ0n) is 17.0. The summed E-state index contributed by atoms with van der Waals surface area (Å²) in [6.07, 6.45) is 0. The molecule has 154 valence electrons. The Morgan fingerprint density at radius 2 is 1.45 bits per heavy atom. The molecule has 5 rings (SSSR count). The first-order chi connectivity index (χ1) is 15.0. The molecule has 31 heavy (non-hydrogen) atoms. The molecular formula is C24H17NO5S. The molecule has 0 saturated carbocycles. The first-order valence-electron chi connectivity index (χ1n) is 9.49. The van der Waals surface area contributed by atoms with E-state index < -0.39 is 0 Å². The summed E-state index contributed by atoms with van der Waals surface area (Å²) in [5, 5.41) is 0.747. The van der Waals surface area contributed by atoms with Crippen molar-refractivity contribution in [2.45, 2.75) is 0 Å². The highest BCUT2D eigenvalue weighted by atomic mass is 32.1. The minimum absolute atomic E-state index is 0.215. The highest BCUT2D eigenvalue weighted by Crippen LogP contribution is 2.42. The predicted molar refractivity (Wildman–Crippen MR) is 118 cm³/mol. The number of ketones is 2. The van der Waals surface area contributed by atoms with Crippen LogP contribution in [0.2, 0.25) is 0 Å². The molecule has 1 aliphatic rings. The third-order valence-corrected chi connectivity index (χ3v) is 6.42. The fourth-order valence-electron chi connectivity index (χ4n) is 3.86. The molecule has 0 spiro atoms. The van der Waals surface area contributed by atoms with Crippen molar-refractivity contribution in [3.05, 3.63) is 70.8 Å². The van der Waals surface area contributed by atoms with Gasteiger partial charge in [-0.2, -0.15) is 0 Å². The van der Waals surface area contributed by atoms with Gasteiger partial charge in [-0.1, -0.05) is 12.1 Å². The van der Waals surface area contributed by atoms with Gasteiger partial charge in [-0.05, 0) is 30.3 Å². The number of fused-ring (bicyclic) bond motifs is 3. The highest BCUT2D eigenvalue weighted by Gasteiger charge is 2.36. The zero-order chi connectivity index (χ0) is 21.7. The molecular weight excluding hydrogens is 414 g/mol. The summed E-state index contributed by atoms with van der Waals surface area (Å²) in [6, 6.07) is 14.4. The number of aromatic nitrogens is 1. The van der Waals surface area contributed by atoms with E-state index in [1.165, 1.54) is 32.7 Å². The molecule has 0 unspecified atom stereocenters. The molecule has 0 atom stereocenters. The monoisotopic (exact) mass is 431 g/mol. The summed E-state index contributed by atoms with van der Waals surface area (Å²) in [6.45, 7) is 0.